The third kappa shape index (κ3) is 3.58. The van der Waals surface area contributed by atoms with E-state index in [0.29, 0.717) is 11.8 Å². The van der Waals surface area contributed by atoms with Crippen LogP contribution in [0.25, 0.3) is 17.0 Å². The Hall–Kier alpha value is -3.16. The van der Waals surface area contributed by atoms with E-state index in [2.05, 4.69) is 10.3 Å². The smallest absolute Gasteiger partial charge is 0.361 e. The minimum Gasteiger partial charge on any atom is -0.361 e. The fourth-order valence-corrected chi connectivity index (χ4v) is 2.39. The molecule has 0 unspecified atom stereocenters. The van der Waals surface area contributed by atoms with Crippen molar-refractivity contribution < 1.29 is 26.7 Å². The maximum atomic E-state index is 13.7. The number of nitrogens with one attached hydrogen (secondary N) is 2. The van der Waals surface area contributed by atoms with E-state index in [-0.39, 0.29) is 0 Å². The second-order valence-corrected chi connectivity index (χ2v) is 5.43. The van der Waals surface area contributed by atoms with Gasteiger partial charge in [-0.2, -0.15) is 13.2 Å². The van der Waals surface area contributed by atoms with Crippen molar-refractivity contribution in [3.05, 3.63) is 71.4 Å². The van der Waals surface area contributed by atoms with Crippen LogP contribution in [0, 0.1) is 11.6 Å². The molecule has 0 saturated carbocycles. The predicted molar refractivity (Wildman–Crippen MR) is 87.3 cm³/mol. The SMILES string of the molecule is O=C(/C=C/c1ccc(C(F)(F)F)c(F)c1F)Nc1ccc2[nH]ccc2c1. The molecule has 0 aliphatic heterocycles. The zero-order chi connectivity index (χ0) is 18.9. The van der Waals surface area contributed by atoms with Gasteiger partial charge in [-0.25, -0.2) is 8.78 Å². The first-order valence-corrected chi connectivity index (χ1v) is 7.37. The molecule has 1 aromatic heterocycles. The summed E-state index contributed by atoms with van der Waals surface area (Å²) in [5, 5.41) is 3.39. The summed E-state index contributed by atoms with van der Waals surface area (Å²) in [5.74, 6) is -4.31. The molecule has 26 heavy (non-hydrogen) atoms. The Bertz CT molecular complexity index is 1000. The van der Waals surface area contributed by atoms with Crippen molar-refractivity contribution in [1.29, 1.82) is 0 Å². The Kier molecular flexibility index (Phi) is 4.50. The lowest BCUT2D eigenvalue weighted by Gasteiger charge is -2.09. The van der Waals surface area contributed by atoms with Crippen LogP contribution in [0.2, 0.25) is 0 Å². The third-order valence-corrected chi connectivity index (χ3v) is 3.65. The maximum Gasteiger partial charge on any atom is 0.419 e. The van der Waals surface area contributed by atoms with Gasteiger partial charge in [0, 0.05) is 34.4 Å². The summed E-state index contributed by atoms with van der Waals surface area (Å²) >= 11 is 0. The number of hydrogen-bond acceptors (Lipinski definition) is 1. The molecule has 0 saturated heterocycles. The van der Waals surface area contributed by atoms with Crippen molar-refractivity contribution >= 4 is 28.6 Å². The van der Waals surface area contributed by atoms with Crippen LogP contribution < -0.4 is 5.32 Å². The fraction of sp³-hybridized carbons (Fsp3) is 0.0556. The monoisotopic (exact) mass is 366 g/mol. The van der Waals surface area contributed by atoms with Crippen LogP contribution in [0.3, 0.4) is 0 Å². The summed E-state index contributed by atoms with van der Waals surface area (Å²) in [6.07, 6.45) is -1.45. The molecular weight excluding hydrogens is 355 g/mol. The Morgan fingerprint density at radius 3 is 2.54 bits per heavy atom. The molecule has 3 aromatic rings. The normalized spacial score (nSPS) is 12.0. The molecule has 1 amide bonds. The number of H-pyrrole nitrogens is 1. The average Bonchev–Trinajstić information content (AvgIpc) is 3.02. The number of alkyl halides is 3. The van der Waals surface area contributed by atoms with Crippen LogP contribution in [-0.4, -0.2) is 10.9 Å². The van der Waals surface area contributed by atoms with Gasteiger partial charge in [-0.05, 0) is 36.4 Å². The van der Waals surface area contributed by atoms with E-state index in [9.17, 15) is 26.7 Å². The van der Waals surface area contributed by atoms with Gasteiger partial charge in [-0.1, -0.05) is 6.07 Å². The van der Waals surface area contributed by atoms with E-state index in [1.165, 1.54) is 0 Å². The number of halogens is 5. The largest absolute Gasteiger partial charge is 0.419 e. The van der Waals surface area contributed by atoms with E-state index < -0.39 is 34.8 Å². The molecule has 0 aliphatic rings. The summed E-state index contributed by atoms with van der Waals surface area (Å²) in [4.78, 5) is 14.9. The number of carbonyl (C=O) groups excluding carboxylic acids is 1. The summed E-state index contributed by atoms with van der Waals surface area (Å²) in [5.41, 5.74) is -0.810. The molecular formula is C18H11F5N2O. The molecule has 0 atom stereocenters. The number of aromatic nitrogens is 1. The molecule has 2 aromatic carbocycles. The van der Waals surface area contributed by atoms with Gasteiger partial charge in [0.15, 0.2) is 11.6 Å². The highest BCUT2D eigenvalue weighted by atomic mass is 19.4. The molecule has 1 heterocycles. The maximum absolute atomic E-state index is 13.7. The van der Waals surface area contributed by atoms with Gasteiger partial charge >= 0.3 is 6.18 Å². The highest BCUT2D eigenvalue weighted by Crippen LogP contribution is 2.33. The van der Waals surface area contributed by atoms with Crippen LogP contribution in [0.5, 0.6) is 0 Å². The molecule has 2 N–H and O–H groups in total. The van der Waals surface area contributed by atoms with Crippen molar-refractivity contribution in [1.82, 2.24) is 4.98 Å². The molecule has 3 rings (SSSR count). The van der Waals surface area contributed by atoms with Crippen molar-refractivity contribution in [3.63, 3.8) is 0 Å². The summed E-state index contributed by atoms with van der Waals surface area (Å²) in [6, 6.07) is 8.09. The minimum absolute atomic E-state index is 0.426. The number of rotatable bonds is 3. The van der Waals surface area contributed by atoms with Gasteiger partial charge in [0.05, 0.1) is 5.56 Å². The van der Waals surface area contributed by atoms with E-state index in [1.807, 2.05) is 0 Å². The lowest BCUT2D eigenvalue weighted by Crippen LogP contribution is -2.10. The van der Waals surface area contributed by atoms with Crippen LogP contribution in [0.1, 0.15) is 11.1 Å². The Labute approximate surface area is 144 Å². The van der Waals surface area contributed by atoms with Crippen molar-refractivity contribution in [2.24, 2.45) is 0 Å². The van der Waals surface area contributed by atoms with Gasteiger partial charge in [0.2, 0.25) is 5.91 Å². The number of fused-ring (bicyclic) bond motifs is 1. The average molecular weight is 366 g/mol. The first-order chi connectivity index (χ1) is 12.3. The van der Waals surface area contributed by atoms with E-state index in [0.717, 1.165) is 29.1 Å². The molecule has 0 fully saturated rings. The number of hydrogen-bond donors (Lipinski definition) is 2. The van der Waals surface area contributed by atoms with Gasteiger partial charge in [-0.15, -0.1) is 0 Å². The first-order valence-electron chi connectivity index (χ1n) is 7.37. The predicted octanol–water partition coefficient (Wildman–Crippen LogP) is 5.12. The summed E-state index contributed by atoms with van der Waals surface area (Å²) in [7, 11) is 0. The molecule has 0 spiro atoms. The second kappa shape index (κ2) is 6.62. The summed E-state index contributed by atoms with van der Waals surface area (Å²) in [6.45, 7) is 0. The van der Waals surface area contributed by atoms with Crippen molar-refractivity contribution in [3.8, 4) is 0 Å². The van der Waals surface area contributed by atoms with Gasteiger partial charge in [0.25, 0.3) is 0 Å². The Balaban J connectivity index is 1.76. The van der Waals surface area contributed by atoms with Crippen molar-refractivity contribution in [2.75, 3.05) is 5.32 Å². The van der Waals surface area contributed by atoms with Crippen LogP contribution in [0.4, 0.5) is 27.6 Å². The fourth-order valence-electron chi connectivity index (χ4n) is 2.39. The highest BCUT2D eigenvalue weighted by Gasteiger charge is 2.35. The standard InChI is InChI=1S/C18H11F5N2O/c19-16-10(1-4-13(17(16)20)18(21,22)23)2-6-15(26)25-12-3-5-14-11(9-12)7-8-24-14/h1-9,24H,(H,25,26)/b6-2+. The highest BCUT2D eigenvalue weighted by molar-refractivity contribution is 6.03. The molecule has 0 aliphatic carbocycles. The number of anilines is 1. The summed E-state index contributed by atoms with van der Waals surface area (Å²) < 4.78 is 64.8. The topological polar surface area (TPSA) is 44.9 Å². The second-order valence-electron chi connectivity index (χ2n) is 5.43. The lowest BCUT2D eigenvalue weighted by molar-refractivity contribution is -0.140. The van der Waals surface area contributed by atoms with E-state index in [1.54, 1.807) is 30.5 Å². The minimum atomic E-state index is -5.00. The quantitative estimate of drug-likeness (QED) is 0.491. The number of amides is 1. The van der Waals surface area contributed by atoms with Crippen LogP contribution in [-0.2, 0) is 11.0 Å². The molecule has 134 valence electrons. The molecule has 0 radical (unpaired) electrons. The Morgan fingerprint density at radius 2 is 1.81 bits per heavy atom. The van der Waals surface area contributed by atoms with E-state index >= 15 is 0 Å². The van der Waals surface area contributed by atoms with Crippen LogP contribution in [0.15, 0.2) is 48.7 Å². The van der Waals surface area contributed by atoms with Gasteiger partial charge in [-0.3, -0.25) is 4.79 Å². The molecule has 8 heteroatoms. The zero-order valence-electron chi connectivity index (χ0n) is 13.0. The van der Waals surface area contributed by atoms with Crippen LogP contribution >= 0.6 is 0 Å². The number of aromatic amines is 1. The van der Waals surface area contributed by atoms with Crippen molar-refractivity contribution in [2.45, 2.75) is 6.18 Å². The van der Waals surface area contributed by atoms with E-state index in [4.69, 9.17) is 0 Å². The lowest BCUT2D eigenvalue weighted by atomic mass is 10.1. The van der Waals surface area contributed by atoms with Gasteiger partial charge in [0.1, 0.15) is 0 Å². The molecule has 0 bridgehead atoms. The number of benzene rings is 2. The van der Waals surface area contributed by atoms with Gasteiger partial charge < -0.3 is 10.3 Å². The molecule has 3 nitrogen and oxygen atoms in total. The third-order valence-electron chi connectivity index (χ3n) is 3.65. The zero-order valence-corrected chi connectivity index (χ0v) is 13.0. The number of carbonyl (C=O) groups is 1. The Morgan fingerprint density at radius 1 is 1.04 bits per heavy atom. The first kappa shape index (κ1) is 17.7.